The molecular formula is C18H23F3N4O4S. The van der Waals surface area contributed by atoms with E-state index in [1.54, 1.807) is 6.92 Å². The highest BCUT2D eigenvalue weighted by atomic mass is 32.2. The van der Waals surface area contributed by atoms with Gasteiger partial charge in [0.05, 0.1) is 5.56 Å². The third-order valence-corrected chi connectivity index (χ3v) is 6.34. The number of alkyl halides is 3. The predicted octanol–water partition coefficient (Wildman–Crippen LogP) is 3.45. The number of anilines is 2. The molecule has 0 radical (unpaired) electrons. The van der Waals surface area contributed by atoms with Crippen LogP contribution >= 0.6 is 0 Å². The summed E-state index contributed by atoms with van der Waals surface area (Å²) in [5.41, 5.74) is -0.323. The van der Waals surface area contributed by atoms with Gasteiger partial charge in [-0.2, -0.15) is 35.6 Å². The zero-order valence-corrected chi connectivity index (χ0v) is 17.1. The minimum absolute atomic E-state index is 0.123. The summed E-state index contributed by atoms with van der Waals surface area (Å²) in [5.74, 6) is 0. The van der Waals surface area contributed by atoms with Crippen molar-refractivity contribution in [3.05, 3.63) is 41.3 Å². The summed E-state index contributed by atoms with van der Waals surface area (Å²) in [6.45, 7) is 2.33. The van der Waals surface area contributed by atoms with E-state index in [1.807, 2.05) is 0 Å². The smallest absolute Gasteiger partial charge is 0.416 e. The Morgan fingerprint density at radius 2 is 1.87 bits per heavy atom. The van der Waals surface area contributed by atoms with Gasteiger partial charge >= 0.3 is 6.18 Å². The molecule has 1 aliphatic rings. The number of hydrogen-bond donors (Lipinski definition) is 3. The van der Waals surface area contributed by atoms with Gasteiger partial charge in [-0.15, -0.1) is 0 Å². The second kappa shape index (κ2) is 8.92. The van der Waals surface area contributed by atoms with Crippen LogP contribution in [0.5, 0.6) is 0 Å². The van der Waals surface area contributed by atoms with Crippen molar-refractivity contribution in [3.8, 4) is 0 Å². The molecule has 2 heterocycles. The summed E-state index contributed by atoms with van der Waals surface area (Å²) < 4.78 is 72.2. The van der Waals surface area contributed by atoms with Gasteiger partial charge in [-0.05, 0) is 37.5 Å². The molecule has 12 heteroatoms. The Labute approximate surface area is 172 Å². The third-order valence-electron chi connectivity index (χ3n) is 4.77. The summed E-state index contributed by atoms with van der Waals surface area (Å²) >= 11 is 0. The molecule has 1 aliphatic heterocycles. The summed E-state index contributed by atoms with van der Waals surface area (Å²) in [4.78, 5) is 3.93. The maximum atomic E-state index is 12.9. The molecule has 2 aromatic rings. The van der Waals surface area contributed by atoms with Gasteiger partial charge in [0.2, 0.25) is 0 Å². The van der Waals surface area contributed by atoms with Crippen molar-refractivity contribution in [1.82, 2.24) is 14.0 Å². The Bertz CT molecular complexity index is 970. The Hall–Kier alpha value is -2.15. The topological polar surface area (TPSA) is 108 Å². The molecule has 8 nitrogen and oxygen atoms in total. The van der Waals surface area contributed by atoms with E-state index < -0.39 is 28.2 Å². The average Bonchev–Trinajstić information content (AvgIpc) is 2.94. The lowest BCUT2D eigenvalue weighted by Crippen LogP contribution is -2.42. The van der Waals surface area contributed by atoms with Gasteiger partial charge in [0.15, 0.2) is 6.23 Å². The van der Waals surface area contributed by atoms with Crippen LogP contribution in [0.25, 0.3) is 0 Å². The molecule has 30 heavy (non-hydrogen) atoms. The van der Waals surface area contributed by atoms with Crippen LogP contribution in [-0.4, -0.2) is 35.9 Å². The van der Waals surface area contributed by atoms with Crippen LogP contribution in [-0.2, 0) is 16.4 Å². The van der Waals surface area contributed by atoms with Crippen molar-refractivity contribution in [3.63, 3.8) is 0 Å². The van der Waals surface area contributed by atoms with Gasteiger partial charge in [-0.1, -0.05) is 18.9 Å². The van der Waals surface area contributed by atoms with Crippen molar-refractivity contribution in [2.24, 2.45) is 0 Å². The number of rotatable bonds is 6. The fraction of sp³-hybridized carbons (Fsp3) is 0.500. The number of benzene rings is 1. The van der Waals surface area contributed by atoms with E-state index in [4.69, 9.17) is 4.42 Å². The van der Waals surface area contributed by atoms with Gasteiger partial charge < -0.3 is 14.8 Å². The first kappa shape index (κ1) is 22.5. The molecule has 0 bridgehead atoms. The molecule has 1 aromatic heterocycles. The maximum Gasteiger partial charge on any atom is 0.416 e. The zero-order chi connectivity index (χ0) is 21.9. The molecule has 166 valence electrons. The van der Waals surface area contributed by atoms with Gasteiger partial charge in [0.25, 0.3) is 16.2 Å². The number of aryl methyl sites for hydroxylation is 1. The van der Waals surface area contributed by atoms with Gasteiger partial charge in [0, 0.05) is 18.8 Å². The fourth-order valence-electron chi connectivity index (χ4n) is 3.08. The largest absolute Gasteiger partial charge is 0.431 e. The molecule has 0 amide bonds. The number of halogens is 3. The van der Waals surface area contributed by atoms with Crippen molar-refractivity contribution < 1.29 is 31.1 Å². The second-order valence-corrected chi connectivity index (χ2v) is 8.77. The Balaban J connectivity index is 1.70. The first-order valence-corrected chi connectivity index (χ1v) is 10.9. The normalized spacial score (nSPS) is 17.5. The molecular weight excluding hydrogens is 425 g/mol. The van der Waals surface area contributed by atoms with E-state index >= 15 is 0 Å². The number of oxazole rings is 1. The van der Waals surface area contributed by atoms with Crippen molar-refractivity contribution in [2.75, 3.05) is 18.4 Å². The van der Waals surface area contributed by atoms with Crippen LogP contribution < -0.4 is 10.0 Å². The molecule has 1 fully saturated rings. The molecule has 0 aliphatic carbocycles. The predicted molar refractivity (Wildman–Crippen MR) is 103 cm³/mol. The summed E-state index contributed by atoms with van der Waals surface area (Å²) in [6, 6.07) is 3.00. The van der Waals surface area contributed by atoms with Crippen LogP contribution in [0.1, 0.15) is 48.7 Å². The van der Waals surface area contributed by atoms with Crippen LogP contribution in [0.3, 0.4) is 0 Å². The lowest BCUT2D eigenvalue weighted by molar-refractivity contribution is -0.137. The highest BCUT2D eigenvalue weighted by molar-refractivity contribution is 7.87. The van der Waals surface area contributed by atoms with Gasteiger partial charge in [-0.25, -0.2) is 0 Å². The molecule has 3 N–H and O–H groups in total. The monoisotopic (exact) mass is 448 g/mol. The molecule has 1 saturated heterocycles. The average molecular weight is 448 g/mol. The lowest BCUT2D eigenvalue weighted by Gasteiger charge is -2.21. The van der Waals surface area contributed by atoms with Crippen molar-refractivity contribution in [2.45, 2.75) is 45.0 Å². The SMILES string of the molecule is Cc1ccc(C(F)(F)F)cc1Nc1nc(C(O)NS(=O)(=O)N2CCCCCC2)co1. The summed E-state index contributed by atoms with van der Waals surface area (Å²) in [6.07, 6.45) is -1.77. The van der Waals surface area contributed by atoms with Gasteiger partial charge in [0.1, 0.15) is 12.0 Å². The van der Waals surface area contributed by atoms with E-state index in [2.05, 4.69) is 15.0 Å². The first-order valence-electron chi connectivity index (χ1n) is 9.42. The third kappa shape index (κ3) is 5.50. The molecule has 0 saturated carbocycles. The second-order valence-electron chi connectivity index (χ2n) is 7.07. The van der Waals surface area contributed by atoms with Crippen molar-refractivity contribution in [1.29, 1.82) is 0 Å². The molecule has 1 aromatic carbocycles. The first-order chi connectivity index (χ1) is 14.1. The Morgan fingerprint density at radius 1 is 1.20 bits per heavy atom. The van der Waals surface area contributed by atoms with Crippen LogP contribution in [0.15, 0.2) is 28.9 Å². The highest BCUT2D eigenvalue weighted by Crippen LogP contribution is 2.33. The minimum Gasteiger partial charge on any atom is -0.431 e. The zero-order valence-electron chi connectivity index (χ0n) is 16.2. The van der Waals surface area contributed by atoms with Crippen LogP contribution in [0, 0.1) is 6.92 Å². The highest BCUT2D eigenvalue weighted by Gasteiger charge is 2.31. The molecule has 3 rings (SSSR count). The lowest BCUT2D eigenvalue weighted by atomic mass is 10.1. The number of aliphatic hydroxyl groups is 1. The Morgan fingerprint density at radius 3 is 2.50 bits per heavy atom. The van der Waals surface area contributed by atoms with E-state index in [1.165, 1.54) is 10.4 Å². The minimum atomic E-state index is -4.51. The molecule has 1 unspecified atom stereocenters. The van der Waals surface area contributed by atoms with Crippen LogP contribution in [0.4, 0.5) is 24.9 Å². The summed E-state index contributed by atoms with van der Waals surface area (Å²) in [5, 5.41) is 12.8. The van der Waals surface area contributed by atoms with E-state index in [0.717, 1.165) is 44.1 Å². The van der Waals surface area contributed by atoms with E-state index in [0.29, 0.717) is 18.7 Å². The number of nitrogens with zero attached hydrogens (tertiary/aromatic N) is 2. The maximum absolute atomic E-state index is 12.9. The van der Waals surface area contributed by atoms with E-state index in [9.17, 15) is 26.7 Å². The molecule has 1 atom stereocenters. The number of nitrogens with one attached hydrogen (secondary N) is 2. The number of aliphatic hydroxyl groups excluding tert-OH is 1. The molecule has 0 spiro atoms. The Kier molecular flexibility index (Phi) is 6.70. The van der Waals surface area contributed by atoms with Crippen LogP contribution in [0.2, 0.25) is 0 Å². The standard InChI is InChI=1S/C18H23F3N4O4S/c1-12-6-7-13(18(19,20)21)10-14(12)22-17-23-15(11-29-17)16(26)24-30(27,28)25-8-4-2-3-5-9-25/h6-7,10-11,16,24,26H,2-5,8-9H2,1H3,(H,22,23). The van der Waals surface area contributed by atoms with E-state index in [-0.39, 0.29) is 17.4 Å². The number of aromatic nitrogens is 1. The quantitative estimate of drug-likeness (QED) is 0.585. The fourth-order valence-corrected chi connectivity index (χ4v) is 4.37. The van der Waals surface area contributed by atoms with Gasteiger partial charge in [-0.3, -0.25) is 0 Å². The number of hydrogen-bond acceptors (Lipinski definition) is 6. The summed E-state index contributed by atoms with van der Waals surface area (Å²) in [7, 11) is -3.93. The van der Waals surface area contributed by atoms with Crippen molar-refractivity contribution >= 4 is 21.9 Å².